The van der Waals surface area contributed by atoms with Crippen molar-refractivity contribution in [1.82, 2.24) is 9.97 Å². The van der Waals surface area contributed by atoms with Gasteiger partial charge in [0.2, 0.25) is 0 Å². The van der Waals surface area contributed by atoms with Crippen LogP contribution in [-0.2, 0) is 0 Å². The van der Waals surface area contributed by atoms with E-state index in [1.54, 1.807) is 18.5 Å². The maximum Gasteiger partial charge on any atom is 0.145 e. The van der Waals surface area contributed by atoms with Crippen molar-refractivity contribution in [2.45, 2.75) is 26.3 Å². The third-order valence-corrected chi connectivity index (χ3v) is 2.14. The summed E-state index contributed by atoms with van der Waals surface area (Å²) in [6.45, 7) is 4.23. The van der Waals surface area contributed by atoms with Gasteiger partial charge in [0.05, 0.1) is 6.04 Å². The Hall–Kier alpha value is -0.960. The molecule has 3 nitrogen and oxygen atoms in total. The predicted octanol–water partition coefficient (Wildman–Crippen LogP) is 1.52. The van der Waals surface area contributed by atoms with Crippen molar-refractivity contribution >= 4 is 0 Å². The Labute approximate surface area is 73.0 Å². The van der Waals surface area contributed by atoms with Crippen molar-refractivity contribution in [3.05, 3.63) is 24.3 Å². The fourth-order valence-corrected chi connectivity index (χ4v) is 0.991. The Morgan fingerprint density at radius 1 is 1.42 bits per heavy atom. The smallest absolute Gasteiger partial charge is 0.145 e. The largest absolute Gasteiger partial charge is 0.321 e. The number of nitrogens with two attached hydrogens (primary N) is 1. The van der Waals surface area contributed by atoms with E-state index in [9.17, 15) is 0 Å². The highest BCUT2D eigenvalue weighted by Gasteiger charge is 2.14. The molecule has 0 bridgehead atoms. The number of aromatic nitrogens is 2. The Morgan fingerprint density at radius 3 is 2.50 bits per heavy atom. The van der Waals surface area contributed by atoms with E-state index in [0.29, 0.717) is 5.92 Å². The van der Waals surface area contributed by atoms with Crippen LogP contribution in [0.25, 0.3) is 0 Å². The molecule has 1 aromatic rings. The first-order valence-corrected chi connectivity index (χ1v) is 4.28. The van der Waals surface area contributed by atoms with Gasteiger partial charge in [-0.1, -0.05) is 20.3 Å². The molecule has 1 aromatic heterocycles. The molecule has 0 aromatic carbocycles. The van der Waals surface area contributed by atoms with Gasteiger partial charge < -0.3 is 5.73 Å². The molecule has 1 rings (SSSR count). The summed E-state index contributed by atoms with van der Waals surface area (Å²) in [5, 5.41) is 0. The molecule has 0 saturated heterocycles. The second-order valence-corrected chi connectivity index (χ2v) is 3.02. The van der Waals surface area contributed by atoms with Crippen LogP contribution in [0.4, 0.5) is 0 Å². The fourth-order valence-electron chi connectivity index (χ4n) is 0.991. The second kappa shape index (κ2) is 4.16. The summed E-state index contributed by atoms with van der Waals surface area (Å²) in [4.78, 5) is 8.22. The van der Waals surface area contributed by atoms with Gasteiger partial charge in [-0.2, -0.15) is 0 Å². The van der Waals surface area contributed by atoms with Crippen molar-refractivity contribution in [3.63, 3.8) is 0 Å². The molecule has 2 unspecified atom stereocenters. The first kappa shape index (κ1) is 9.13. The van der Waals surface area contributed by atoms with Crippen molar-refractivity contribution in [1.29, 1.82) is 0 Å². The van der Waals surface area contributed by atoms with Crippen LogP contribution < -0.4 is 5.73 Å². The monoisotopic (exact) mass is 165 g/mol. The highest BCUT2D eigenvalue weighted by atomic mass is 14.9. The quantitative estimate of drug-likeness (QED) is 0.738. The summed E-state index contributed by atoms with van der Waals surface area (Å²) in [7, 11) is 0. The minimum atomic E-state index is -0.0313. The normalized spacial score (nSPS) is 15.6. The Morgan fingerprint density at radius 2 is 2.00 bits per heavy atom. The van der Waals surface area contributed by atoms with Gasteiger partial charge in [-0.25, -0.2) is 9.97 Å². The molecule has 12 heavy (non-hydrogen) atoms. The molecule has 0 radical (unpaired) electrons. The summed E-state index contributed by atoms with van der Waals surface area (Å²) in [5.41, 5.74) is 5.92. The molecule has 0 aliphatic carbocycles. The second-order valence-electron chi connectivity index (χ2n) is 3.02. The molecule has 0 fully saturated rings. The summed E-state index contributed by atoms with van der Waals surface area (Å²) in [6, 6.07) is 1.77. The third kappa shape index (κ3) is 2.01. The van der Waals surface area contributed by atoms with E-state index in [1.165, 1.54) is 0 Å². The molecule has 0 amide bonds. The molecule has 0 aliphatic heterocycles. The van der Waals surface area contributed by atoms with Gasteiger partial charge in [0.1, 0.15) is 5.82 Å². The van der Waals surface area contributed by atoms with E-state index in [2.05, 4.69) is 23.8 Å². The lowest BCUT2D eigenvalue weighted by Gasteiger charge is -2.15. The summed E-state index contributed by atoms with van der Waals surface area (Å²) >= 11 is 0. The lowest BCUT2D eigenvalue weighted by molar-refractivity contribution is 0.439. The minimum absolute atomic E-state index is 0.0313. The Bertz CT molecular complexity index is 222. The lowest BCUT2D eigenvalue weighted by atomic mass is 10.00. The van der Waals surface area contributed by atoms with E-state index in [-0.39, 0.29) is 6.04 Å². The van der Waals surface area contributed by atoms with Crippen LogP contribution in [0.2, 0.25) is 0 Å². The van der Waals surface area contributed by atoms with Crippen molar-refractivity contribution in [3.8, 4) is 0 Å². The van der Waals surface area contributed by atoms with Gasteiger partial charge in [-0.3, -0.25) is 0 Å². The van der Waals surface area contributed by atoms with Crippen LogP contribution in [0.1, 0.15) is 32.1 Å². The van der Waals surface area contributed by atoms with Crippen molar-refractivity contribution in [2.24, 2.45) is 11.7 Å². The molecule has 66 valence electrons. The van der Waals surface area contributed by atoms with Gasteiger partial charge in [0, 0.05) is 12.4 Å². The maximum absolute atomic E-state index is 5.92. The third-order valence-electron chi connectivity index (χ3n) is 2.14. The zero-order valence-electron chi connectivity index (χ0n) is 7.57. The Kier molecular flexibility index (Phi) is 3.17. The molecule has 0 aliphatic rings. The lowest BCUT2D eigenvalue weighted by Crippen LogP contribution is -2.20. The molecule has 1 heterocycles. The fraction of sp³-hybridized carbons (Fsp3) is 0.556. The highest BCUT2D eigenvalue weighted by molar-refractivity contribution is 4.95. The number of nitrogens with zero attached hydrogens (tertiary/aromatic N) is 2. The average Bonchev–Trinajstić information content (AvgIpc) is 2.17. The molecular weight excluding hydrogens is 150 g/mol. The standard InChI is InChI=1S/C9H15N3/c1-3-7(2)8(10)9-11-5-4-6-12-9/h4-8H,3,10H2,1-2H3. The number of hydrogen-bond acceptors (Lipinski definition) is 3. The molecule has 0 spiro atoms. The van der Waals surface area contributed by atoms with Gasteiger partial charge in [-0.05, 0) is 12.0 Å². The number of rotatable bonds is 3. The predicted molar refractivity (Wildman–Crippen MR) is 48.4 cm³/mol. The first-order chi connectivity index (χ1) is 5.75. The van der Waals surface area contributed by atoms with E-state index >= 15 is 0 Å². The van der Waals surface area contributed by atoms with E-state index in [4.69, 9.17) is 5.73 Å². The topological polar surface area (TPSA) is 51.8 Å². The van der Waals surface area contributed by atoms with Gasteiger partial charge in [-0.15, -0.1) is 0 Å². The van der Waals surface area contributed by atoms with Gasteiger partial charge in [0.25, 0.3) is 0 Å². The zero-order valence-corrected chi connectivity index (χ0v) is 7.57. The van der Waals surface area contributed by atoms with E-state index in [1.807, 2.05) is 0 Å². The Balaban J connectivity index is 2.71. The number of hydrogen-bond donors (Lipinski definition) is 1. The highest BCUT2D eigenvalue weighted by Crippen LogP contribution is 2.17. The molecule has 3 heteroatoms. The molecular formula is C9H15N3. The van der Waals surface area contributed by atoms with Gasteiger partial charge in [0.15, 0.2) is 0 Å². The molecule has 2 N–H and O–H groups in total. The summed E-state index contributed by atoms with van der Waals surface area (Å²) in [5.74, 6) is 1.18. The van der Waals surface area contributed by atoms with Crippen LogP contribution in [0.5, 0.6) is 0 Å². The van der Waals surface area contributed by atoms with Crippen LogP contribution >= 0.6 is 0 Å². The van der Waals surface area contributed by atoms with Crippen LogP contribution in [0.15, 0.2) is 18.5 Å². The summed E-state index contributed by atoms with van der Waals surface area (Å²) < 4.78 is 0. The van der Waals surface area contributed by atoms with Crippen molar-refractivity contribution < 1.29 is 0 Å². The molecule has 0 saturated carbocycles. The maximum atomic E-state index is 5.92. The van der Waals surface area contributed by atoms with Crippen LogP contribution in [0, 0.1) is 5.92 Å². The minimum Gasteiger partial charge on any atom is -0.321 e. The van der Waals surface area contributed by atoms with Crippen LogP contribution in [0.3, 0.4) is 0 Å². The SMILES string of the molecule is CCC(C)C(N)c1ncccn1. The first-order valence-electron chi connectivity index (χ1n) is 4.28. The van der Waals surface area contributed by atoms with Crippen molar-refractivity contribution in [2.75, 3.05) is 0 Å². The molecule has 2 atom stereocenters. The van der Waals surface area contributed by atoms with Crippen LogP contribution in [-0.4, -0.2) is 9.97 Å². The van der Waals surface area contributed by atoms with E-state index < -0.39 is 0 Å². The summed E-state index contributed by atoms with van der Waals surface area (Å²) in [6.07, 6.45) is 4.51. The van der Waals surface area contributed by atoms with E-state index in [0.717, 1.165) is 12.2 Å². The zero-order chi connectivity index (χ0) is 8.97. The van der Waals surface area contributed by atoms with Gasteiger partial charge >= 0.3 is 0 Å². The average molecular weight is 165 g/mol.